The lowest BCUT2D eigenvalue weighted by molar-refractivity contribution is 0.0982. The molecule has 150 valence electrons. The first kappa shape index (κ1) is 20.1. The Balaban J connectivity index is 1.52. The number of nitriles is 1. The standard InChI is InChI=1S/C20H22N6O3/c1-2-29-20(28)26-8-6-16(7-9-26)25-19-22-12-15(13-23-19)18(27)24-17-5-3-4-14(10-17)11-21/h3-5,10,12-13,16H,2,6-9H2,1H3,(H,24,27)(H,22,23,25). The highest BCUT2D eigenvalue weighted by Gasteiger charge is 2.24. The molecule has 1 fully saturated rings. The smallest absolute Gasteiger partial charge is 0.409 e. The first-order chi connectivity index (χ1) is 14.1. The monoisotopic (exact) mass is 394 g/mol. The molecule has 29 heavy (non-hydrogen) atoms. The number of anilines is 2. The van der Waals surface area contributed by atoms with E-state index in [4.69, 9.17) is 10.00 Å². The summed E-state index contributed by atoms with van der Waals surface area (Å²) in [7, 11) is 0. The molecule has 9 nitrogen and oxygen atoms in total. The van der Waals surface area contributed by atoms with Crippen LogP contribution in [0.25, 0.3) is 0 Å². The zero-order chi connectivity index (χ0) is 20.6. The Labute approximate surface area is 168 Å². The summed E-state index contributed by atoms with van der Waals surface area (Å²) in [6, 6.07) is 8.84. The molecule has 2 heterocycles. The second-order valence-electron chi connectivity index (χ2n) is 6.55. The summed E-state index contributed by atoms with van der Waals surface area (Å²) in [6.45, 7) is 3.38. The van der Waals surface area contributed by atoms with Crippen molar-refractivity contribution >= 4 is 23.6 Å². The molecule has 0 saturated carbocycles. The maximum atomic E-state index is 12.3. The van der Waals surface area contributed by atoms with Gasteiger partial charge in [-0.15, -0.1) is 0 Å². The van der Waals surface area contributed by atoms with E-state index < -0.39 is 0 Å². The van der Waals surface area contributed by atoms with Crippen molar-refractivity contribution in [3.8, 4) is 6.07 Å². The van der Waals surface area contributed by atoms with Gasteiger partial charge in [0.1, 0.15) is 0 Å². The van der Waals surface area contributed by atoms with Crippen molar-refractivity contribution in [2.45, 2.75) is 25.8 Å². The predicted octanol–water partition coefficient (Wildman–Crippen LogP) is 2.63. The fraction of sp³-hybridized carbons (Fsp3) is 0.350. The first-order valence-electron chi connectivity index (χ1n) is 9.41. The zero-order valence-electron chi connectivity index (χ0n) is 16.1. The van der Waals surface area contributed by atoms with Gasteiger partial charge in [0.15, 0.2) is 0 Å². The molecule has 0 aliphatic carbocycles. The molecule has 0 bridgehead atoms. The van der Waals surface area contributed by atoms with Crippen molar-refractivity contribution in [2.24, 2.45) is 0 Å². The Kier molecular flexibility index (Phi) is 6.58. The van der Waals surface area contributed by atoms with Crippen molar-refractivity contribution in [2.75, 3.05) is 30.3 Å². The van der Waals surface area contributed by atoms with Gasteiger partial charge in [0, 0.05) is 37.2 Å². The number of rotatable bonds is 5. The highest BCUT2D eigenvalue weighted by Crippen LogP contribution is 2.16. The fourth-order valence-corrected chi connectivity index (χ4v) is 2.99. The summed E-state index contributed by atoms with van der Waals surface area (Å²) >= 11 is 0. The lowest BCUT2D eigenvalue weighted by atomic mass is 10.1. The van der Waals surface area contributed by atoms with E-state index in [1.807, 2.05) is 6.07 Å². The van der Waals surface area contributed by atoms with Crippen LogP contribution in [0, 0.1) is 11.3 Å². The van der Waals surface area contributed by atoms with Crippen LogP contribution in [0.2, 0.25) is 0 Å². The SMILES string of the molecule is CCOC(=O)N1CCC(Nc2ncc(C(=O)Nc3cccc(C#N)c3)cn2)CC1. The molecule has 0 spiro atoms. The lowest BCUT2D eigenvalue weighted by Crippen LogP contribution is -2.42. The van der Waals surface area contributed by atoms with E-state index in [0.29, 0.717) is 42.5 Å². The van der Waals surface area contributed by atoms with Crippen molar-refractivity contribution in [1.82, 2.24) is 14.9 Å². The number of benzene rings is 1. The van der Waals surface area contributed by atoms with Gasteiger partial charge >= 0.3 is 6.09 Å². The zero-order valence-corrected chi connectivity index (χ0v) is 16.1. The van der Waals surface area contributed by atoms with Crippen LogP contribution in [0.3, 0.4) is 0 Å². The number of hydrogen-bond acceptors (Lipinski definition) is 7. The largest absolute Gasteiger partial charge is 0.450 e. The highest BCUT2D eigenvalue weighted by molar-refractivity contribution is 6.03. The number of hydrogen-bond donors (Lipinski definition) is 2. The molecule has 1 saturated heterocycles. The minimum Gasteiger partial charge on any atom is -0.450 e. The van der Waals surface area contributed by atoms with Crippen LogP contribution < -0.4 is 10.6 Å². The molecule has 2 aromatic rings. The summed E-state index contributed by atoms with van der Waals surface area (Å²) in [4.78, 5) is 34.2. The Morgan fingerprint density at radius 2 is 2.00 bits per heavy atom. The third kappa shape index (κ3) is 5.42. The van der Waals surface area contributed by atoms with E-state index in [2.05, 4.69) is 20.6 Å². The fourth-order valence-electron chi connectivity index (χ4n) is 2.99. The third-order valence-electron chi connectivity index (χ3n) is 4.52. The van der Waals surface area contributed by atoms with Crippen molar-refractivity contribution < 1.29 is 14.3 Å². The van der Waals surface area contributed by atoms with Crippen LogP contribution >= 0.6 is 0 Å². The highest BCUT2D eigenvalue weighted by atomic mass is 16.6. The van der Waals surface area contributed by atoms with Crippen LogP contribution in [0.15, 0.2) is 36.7 Å². The molecule has 1 aliphatic heterocycles. The molecule has 0 radical (unpaired) electrons. The van der Waals surface area contributed by atoms with E-state index in [1.165, 1.54) is 12.4 Å². The van der Waals surface area contributed by atoms with Crippen LogP contribution in [-0.2, 0) is 4.74 Å². The summed E-state index contributed by atoms with van der Waals surface area (Å²) in [5.74, 6) is 0.0806. The number of ether oxygens (including phenoxy) is 1. The molecule has 3 rings (SSSR count). The number of carbonyl (C=O) groups excluding carboxylic acids is 2. The van der Waals surface area contributed by atoms with Gasteiger partial charge < -0.3 is 20.3 Å². The second-order valence-corrected chi connectivity index (χ2v) is 6.55. The van der Waals surface area contributed by atoms with Gasteiger partial charge in [-0.2, -0.15) is 5.26 Å². The lowest BCUT2D eigenvalue weighted by Gasteiger charge is -2.31. The predicted molar refractivity (Wildman–Crippen MR) is 106 cm³/mol. The van der Waals surface area contributed by atoms with Gasteiger partial charge in [0.25, 0.3) is 5.91 Å². The van der Waals surface area contributed by atoms with Crippen molar-refractivity contribution in [1.29, 1.82) is 5.26 Å². The maximum Gasteiger partial charge on any atom is 0.409 e. The second kappa shape index (κ2) is 9.50. The van der Waals surface area contributed by atoms with Crippen LogP contribution in [-0.4, -0.2) is 52.6 Å². The maximum absolute atomic E-state index is 12.3. The van der Waals surface area contributed by atoms with E-state index in [1.54, 1.807) is 36.1 Å². The molecule has 9 heteroatoms. The van der Waals surface area contributed by atoms with E-state index in [-0.39, 0.29) is 18.0 Å². The molecule has 2 amide bonds. The molecular formula is C20H22N6O3. The Bertz CT molecular complexity index is 901. The van der Waals surface area contributed by atoms with Crippen LogP contribution in [0.5, 0.6) is 0 Å². The molecule has 0 atom stereocenters. The molecule has 1 aromatic carbocycles. The number of nitrogens with one attached hydrogen (secondary N) is 2. The Morgan fingerprint density at radius 3 is 2.66 bits per heavy atom. The van der Waals surface area contributed by atoms with Gasteiger partial charge in [-0.25, -0.2) is 14.8 Å². The summed E-state index contributed by atoms with van der Waals surface area (Å²) in [5.41, 5.74) is 1.31. The van der Waals surface area contributed by atoms with Gasteiger partial charge in [-0.3, -0.25) is 4.79 Å². The number of piperidine rings is 1. The van der Waals surface area contributed by atoms with Crippen molar-refractivity contribution in [3.63, 3.8) is 0 Å². The third-order valence-corrected chi connectivity index (χ3v) is 4.52. The molecule has 2 N–H and O–H groups in total. The van der Waals surface area contributed by atoms with Gasteiger partial charge in [0.2, 0.25) is 5.95 Å². The van der Waals surface area contributed by atoms with E-state index in [9.17, 15) is 9.59 Å². The minimum atomic E-state index is -0.352. The number of carbonyl (C=O) groups is 2. The summed E-state index contributed by atoms with van der Waals surface area (Å²) in [5, 5.41) is 14.9. The van der Waals surface area contributed by atoms with Gasteiger partial charge in [0.05, 0.1) is 23.8 Å². The number of amides is 2. The van der Waals surface area contributed by atoms with E-state index >= 15 is 0 Å². The number of aromatic nitrogens is 2. The van der Waals surface area contributed by atoms with E-state index in [0.717, 1.165) is 12.8 Å². The average Bonchev–Trinajstić information content (AvgIpc) is 2.75. The minimum absolute atomic E-state index is 0.147. The van der Waals surface area contributed by atoms with Gasteiger partial charge in [-0.05, 0) is 38.0 Å². The van der Waals surface area contributed by atoms with Crippen LogP contribution in [0.4, 0.5) is 16.4 Å². The Hall–Kier alpha value is -3.67. The van der Waals surface area contributed by atoms with Crippen molar-refractivity contribution in [3.05, 3.63) is 47.8 Å². The topological polar surface area (TPSA) is 120 Å². The van der Waals surface area contributed by atoms with Gasteiger partial charge in [-0.1, -0.05) is 6.07 Å². The molecular weight excluding hydrogens is 372 g/mol. The summed E-state index contributed by atoms with van der Waals surface area (Å²) < 4.78 is 5.01. The molecule has 1 aliphatic rings. The first-order valence-corrected chi connectivity index (χ1v) is 9.41. The normalized spacial score (nSPS) is 14.0. The van der Waals surface area contributed by atoms with Crippen LogP contribution in [0.1, 0.15) is 35.7 Å². The molecule has 1 aromatic heterocycles. The molecule has 0 unspecified atom stereocenters. The summed E-state index contributed by atoms with van der Waals surface area (Å²) in [6.07, 6.45) is 4.15. The average molecular weight is 394 g/mol. The number of nitrogens with zero attached hydrogens (tertiary/aromatic N) is 4. The quantitative estimate of drug-likeness (QED) is 0.800. The Morgan fingerprint density at radius 1 is 1.28 bits per heavy atom. The number of likely N-dealkylation sites (tertiary alicyclic amines) is 1.